The highest BCUT2D eigenvalue weighted by atomic mass is 16.4. The number of pyridine rings is 1. The van der Waals surface area contributed by atoms with Crippen LogP contribution in [0.5, 0.6) is 0 Å². The van der Waals surface area contributed by atoms with Crippen LogP contribution < -0.4 is 5.32 Å². The van der Waals surface area contributed by atoms with Crippen LogP contribution in [0.1, 0.15) is 16.8 Å². The Labute approximate surface area is 104 Å². The third kappa shape index (κ3) is 3.07. The van der Waals surface area contributed by atoms with Crippen molar-refractivity contribution >= 4 is 11.7 Å². The molecule has 2 aromatic rings. The Balaban J connectivity index is 1.85. The van der Waals surface area contributed by atoms with E-state index in [0.29, 0.717) is 12.2 Å². The van der Waals surface area contributed by atoms with E-state index < -0.39 is 5.97 Å². The number of carboxylic acid groups (broad SMARTS) is 1. The van der Waals surface area contributed by atoms with Crippen molar-refractivity contribution in [3.05, 3.63) is 42.5 Å². The molecule has 0 atom stereocenters. The average molecular weight is 246 g/mol. The summed E-state index contributed by atoms with van der Waals surface area (Å²) >= 11 is 0. The third-order valence-electron chi connectivity index (χ3n) is 2.49. The van der Waals surface area contributed by atoms with Crippen molar-refractivity contribution in [2.75, 3.05) is 11.9 Å². The lowest BCUT2D eigenvalue weighted by Gasteiger charge is -2.08. The summed E-state index contributed by atoms with van der Waals surface area (Å²) in [6.45, 7) is 1.48. The molecule has 0 amide bonds. The van der Waals surface area contributed by atoms with Crippen LogP contribution in [0.4, 0.5) is 5.69 Å². The maximum atomic E-state index is 10.9. The zero-order valence-corrected chi connectivity index (χ0v) is 9.78. The number of nitrogens with zero attached hydrogens (tertiary/aromatic N) is 3. The van der Waals surface area contributed by atoms with Gasteiger partial charge in [0.25, 0.3) is 0 Å². The molecule has 2 aromatic heterocycles. The van der Waals surface area contributed by atoms with Gasteiger partial charge in [0.15, 0.2) is 0 Å². The van der Waals surface area contributed by atoms with Crippen LogP contribution in [0.25, 0.3) is 0 Å². The summed E-state index contributed by atoms with van der Waals surface area (Å²) < 4.78 is 1.84. The molecule has 6 nitrogen and oxygen atoms in total. The van der Waals surface area contributed by atoms with E-state index in [2.05, 4.69) is 15.4 Å². The van der Waals surface area contributed by atoms with Crippen LogP contribution in [0.2, 0.25) is 0 Å². The van der Waals surface area contributed by atoms with E-state index in [0.717, 1.165) is 13.0 Å². The van der Waals surface area contributed by atoms with Crippen molar-refractivity contribution < 1.29 is 9.90 Å². The zero-order chi connectivity index (χ0) is 12.8. The van der Waals surface area contributed by atoms with E-state index >= 15 is 0 Å². The minimum absolute atomic E-state index is 0.191. The molecule has 0 aromatic carbocycles. The molecule has 0 unspecified atom stereocenters. The van der Waals surface area contributed by atoms with Gasteiger partial charge in [0.2, 0.25) is 0 Å². The molecule has 0 saturated carbocycles. The fourth-order valence-corrected chi connectivity index (χ4v) is 1.62. The smallest absolute Gasteiger partial charge is 0.339 e. The first-order valence-electron chi connectivity index (χ1n) is 5.66. The number of aryl methyl sites for hydroxylation is 1. The van der Waals surface area contributed by atoms with Gasteiger partial charge in [-0.1, -0.05) is 0 Å². The molecule has 94 valence electrons. The summed E-state index contributed by atoms with van der Waals surface area (Å²) in [5, 5.41) is 16.2. The van der Waals surface area contributed by atoms with E-state index in [1.165, 1.54) is 6.20 Å². The molecule has 2 rings (SSSR count). The summed E-state index contributed by atoms with van der Waals surface area (Å²) in [4.78, 5) is 14.7. The lowest BCUT2D eigenvalue weighted by atomic mass is 10.2. The molecule has 0 aliphatic carbocycles. The van der Waals surface area contributed by atoms with Gasteiger partial charge in [0, 0.05) is 37.9 Å². The van der Waals surface area contributed by atoms with E-state index in [1.54, 1.807) is 18.5 Å². The van der Waals surface area contributed by atoms with Gasteiger partial charge < -0.3 is 10.4 Å². The van der Waals surface area contributed by atoms with Crippen LogP contribution >= 0.6 is 0 Å². The van der Waals surface area contributed by atoms with E-state index in [4.69, 9.17) is 5.11 Å². The lowest BCUT2D eigenvalue weighted by molar-refractivity contribution is 0.0697. The number of nitrogens with one attached hydrogen (secondary N) is 1. The SMILES string of the molecule is O=C(O)c1cnccc1NCCCn1cccn1. The number of rotatable bonds is 6. The number of anilines is 1. The van der Waals surface area contributed by atoms with Gasteiger partial charge in [-0.15, -0.1) is 0 Å². The van der Waals surface area contributed by atoms with Crippen molar-refractivity contribution in [2.24, 2.45) is 0 Å². The topological polar surface area (TPSA) is 80.0 Å². The predicted molar refractivity (Wildman–Crippen MR) is 66.5 cm³/mol. The Bertz CT molecular complexity index is 511. The molecule has 0 bridgehead atoms. The van der Waals surface area contributed by atoms with Gasteiger partial charge in [0.05, 0.1) is 5.69 Å². The highest BCUT2D eigenvalue weighted by molar-refractivity contribution is 5.93. The van der Waals surface area contributed by atoms with Crippen molar-refractivity contribution in [1.82, 2.24) is 14.8 Å². The molecule has 0 saturated heterocycles. The number of carbonyl (C=O) groups is 1. The van der Waals surface area contributed by atoms with Gasteiger partial charge >= 0.3 is 5.97 Å². The minimum atomic E-state index is -0.974. The van der Waals surface area contributed by atoms with Gasteiger partial charge in [-0.2, -0.15) is 5.10 Å². The van der Waals surface area contributed by atoms with Gasteiger partial charge in [-0.25, -0.2) is 4.79 Å². The molecule has 0 aliphatic heterocycles. The van der Waals surface area contributed by atoms with Crippen molar-refractivity contribution in [3.8, 4) is 0 Å². The molecule has 6 heteroatoms. The van der Waals surface area contributed by atoms with Gasteiger partial charge in [-0.3, -0.25) is 9.67 Å². The van der Waals surface area contributed by atoms with Crippen molar-refractivity contribution in [2.45, 2.75) is 13.0 Å². The van der Waals surface area contributed by atoms with Crippen LogP contribution in [0.3, 0.4) is 0 Å². The third-order valence-corrected chi connectivity index (χ3v) is 2.49. The minimum Gasteiger partial charge on any atom is -0.478 e. The molecule has 0 aliphatic rings. The quantitative estimate of drug-likeness (QED) is 0.754. The summed E-state index contributed by atoms with van der Waals surface area (Å²) in [5.41, 5.74) is 0.787. The number of hydrogen-bond acceptors (Lipinski definition) is 4. The number of carboxylic acids is 1. The Morgan fingerprint density at radius 3 is 3.06 bits per heavy atom. The number of aromatic carboxylic acids is 1. The summed E-state index contributed by atoms with van der Waals surface area (Å²) in [5.74, 6) is -0.974. The maximum Gasteiger partial charge on any atom is 0.339 e. The molecule has 0 spiro atoms. The Kier molecular flexibility index (Phi) is 3.90. The first-order chi connectivity index (χ1) is 8.77. The van der Waals surface area contributed by atoms with Crippen LogP contribution in [-0.4, -0.2) is 32.4 Å². The molecule has 0 radical (unpaired) electrons. The Morgan fingerprint density at radius 2 is 2.33 bits per heavy atom. The highest BCUT2D eigenvalue weighted by Crippen LogP contribution is 2.13. The normalized spacial score (nSPS) is 10.2. The first kappa shape index (κ1) is 12.1. The molecular formula is C12H14N4O2. The second-order valence-corrected chi connectivity index (χ2v) is 3.78. The summed E-state index contributed by atoms with van der Waals surface area (Å²) in [6, 6.07) is 3.54. The van der Waals surface area contributed by atoms with Crippen molar-refractivity contribution in [3.63, 3.8) is 0 Å². The summed E-state index contributed by atoms with van der Waals surface area (Å²) in [6.07, 6.45) is 7.41. The highest BCUT2D eigenvalue weighted by Gasteiger charge is 2.08. The molecule has 0 fully saturated rings. The van der Waals surface area contributed by atoms with Crippen molar-refractivity contribution in [1.29, 1.82) is 0 Å². The van der Waals surface area contributed by atoms with E-state index in [1.807, 2.05) is 16.9 Å². The molecule has 2 N–H and O–H groups in total. The average Bonchev–Trinajstić information content (AvgIpc) is 2.88. The fraction of sp³-hybridized carbons (Fsp3) is 0.250. The fourth-order valence-electron chi connectivity index (χ4n) is 1.62. The van der Waals surface area contributed by atoms with E-state index in [9.17, 15) is 4.79 Å². The molecular weight excluding hydrogens is 232 g/mol. The van der Waals surface area contributed by atoms with Crippen LogP contribution in [0.15, 0.2) is 36.9 Å². The standard InChI is InChI=1S/C12H14N4O2/c17-12(18)10-9-13-6-3-11(10)14-4-1-7-16-8-2-5-15-16/h2-3,5-6,8-9H,1,4,7H2,(H,13,14)(H,17,18). The predicted octanol–water partition coefficient (Wildman–Crippen LogP) is 1.48. The van der Waals surface area contributed by atoms with Crippen LogP contribution in [0, 0.1) is 0 Å². The second-order valence-electron chi connectivity index (χ2n) is 3.78. The largest absolute Gasteiger partial charge is 0.478 e. The van der Waals surface area contributed by atoms with Crippen LogP contribution in [-0.2, 0) is 6.54 Å². The zero-order valence-electron chi connectivity index (χ0n) is 9.78. The second kappa shape index (κ2) is 5.81. The molecule has 2 heterocycles. The Hall–Kier alpha value is -2.37. The van der Waals surface area contributed by atoms with E-state index in [-0.39, 0.29) is 5.56 Å². The Morgan fingerprint density at radius 1 is 1.44 bits per heavy atom. The monoisotopic (exact) mass is 246 g/mol. The summed E-state index contributed by atoms with van der Waals surface area (Å²) in [7, 11) is 0. The van der Waals surface area contributed by atoms with Gasteiger partial charge in [0.1, 0.15) is 5.56 Å². The molecule has 18 heavy (non-hydrogen) atoms. The number of hydrogen-bond donors (Lipinski definition) is 2. The maximum absolute atomic E-state index is 10.9. The lowest BCUT2D eigenvalue weighted by Crippen LogP contribution is -2.10. The first-order valence-corrected chi connectivity index (χ1v) is 5.66. The van der Waals surface area contributed by atoms with Gasteiger partial charge in [-0.05, 0) is 18.6 Å². The number of aromatic nitrogens is 3.